The Morgan fingerprint density at radius 2 is 1.69 bits per heavy atom. The summed E-state index contributed by atoms with van der Waals surface area (Å²) in [7, 11) is 3.56. The average Bonchev–Trinajstić information content (AvgIpc) is 3.95. The largest absolute Gasteiger partial charge is 0.494 e. The SMILES string of the molecule is CCc1cc(Nc2ncc(Br)c(Nc3ccc4nc(C5CC5)ccc4c3P(C)C)n2)c(OC)cc1N1CCC(N2CCN(C)CC2)CC1. The van der Waals surface area contributed by atoms with E-state index >= 15 is 0 Å². The van der Waals surface area contributed by atoms with E-state index in [-0.39, 0.29) is 0 Å². The summed E-state index contributed by atoms with van der Waals surface area (Å²) in [6.45, 7) is 13.7. The van der Waals surface area contributed by atoms with Crippen molar-refractivity contribution >= 4 is 68.9 Å². The van der Waals surface area contributed by atoms with Crippen LogP contribution in [-0.4, -0.2) is 97.5 Å². The number of pyridine rings is 1. The molecule has 0 bridgehead atoms. The Morgan fingerprint density at radius 1 is 0.917 bits per heavy atom. The van der Waals surface area contributed by atoms with Gasteiger partial charge in [-0.3, -0.25) is 9.88 Å². The molecule has 0 atom stereocenters. The van der Waals surface area contributed by atoms with E-state index in [0.717, 1.165) is 46.6 Å². The zero-order chi connectivity index (χ0) is 33.4. The summed E-state index contributed by atoms with van der Waals surface area (Å²) < 4.78 is 6.75. The molecule has 0 amide bonds. The van der Waals surface area contributed by atoms with Crippen molar-refractivity contribution in [2.75, 3.05) is 82.3 Å². The predicted molar refractivity (Wildman–Crippen MR) is 205 cm³/mol. The summed E-state index contributed by atoms with van der Waals surface area (Å²) in [5, 5.41) is 9.62. The van der Waals surface area contributed by atoms with Gasteiger partial charge >= 0.3 is 0 Å². The highest BCUT2D eigenvalue weighted by atomic mass is 79.9. The molecule has 9 nitrogen and oxygen atoms in total. The van der Waals surface area contributed by atoms with Crippen LogP contribution in [0.4, 0.5) is 28.8 Å². The molecular formula is C37H48BrN8OP. The number of piperidine rings is 1. The molecule has 0 unspecified atom stereocenters. The standard InChI is InChI=1S/C37H48BrN8OP/c1-6-24-21-32(34(47-3)22-33(24)46-15-13-26(14-16-46)45-19-17-44(2)18-20-45)42-37-39-23-28(38)36(43-37)41-31-12-11-30-27(35(31)48(4)5)9-10-29(40-30)25-7-8-25/h9-12,21-23,25-26H,6-8,13-20H2,1-5H3,(H2,39,41,42,43). The van der Waals surface area contributed by atoms with Crippen LogP contribution in [0.3, 0.4) is 0 Å². The van der Waals surface area contributed by atoms with Crippen molar-refractivity contribution in [3.8, 4) is 5.75 Å². The molecule has 0 spiro atoms. The first kappa shape index (κ1) is 33.5. The molecular weight excluding hydrogens is 683 g/mol. The molecule has 2 aromatic carbocycles. The van der Waals surface area contributed by atoms with Gasteiger partial charge in [0.2, 0.25) is 5.95 Å². The number of nitrogens with one attached hydrogen (secondary N) is 2. The van der Waals surface area contributed by atoms with Crippen molar-refractivity contribution < 1.29 is 4.74 Å². The number of rotatable bonds is 10. The Hall–Kier alpha value is -3.04. The van der Waals surface area contributed by atoms with Crippen molar-refractivity contribution in [1.82, 2.24) is 24.8 Å². The quantitative estimate of drug-likeness (QED) is 0.163. The summed E-state index contributed by atoms with van der Waals surface area (Å²) in [6, 6.07) is 13.9. The van der Waals surface area contributed by atoms with E-state index in [1.165, 1.54) is 79.5 Å². The first-order chi connectivity index (χ1) is 23.3. The average molecular weight is 732 g/mol. The Balaban J connectivity index is 1.10. The summed E-state index contributed by atoms with van der Waals surface area (Å²) in [4.78, 5) is 22.3. The summed E-state index contributed by atoms with van der Waals surface area (Å²) in [6.07, 6.45) is 7.64. The van der Waals surface area contributed by atoms with Crippen molar-refractivity contribution in [2.45, 2.75) is 51.0 Å². The molecule has 2 aromatic heterocycles. The molecule has 11 heteroatoms. The fourth-order valence-electron chi connectivity index (χ4n) is 7.27. The number of aryl methyl sites for hydroxylation is 1. The van der Waals surface area contributed by atoms with Crippen LogP contribution in [0.2, 0.25) is 0 Å². The summed E-state index contributed by atoms with van der Waals surface area (Å²) in [5.41, 5.74) is 6.78. The lowest BCUT2D eigenvalue weighted by molar-refractivity contribution is 0.0982. The molecule has 7 rings (SSSR count). The smallest absolute Gasteiger partial charge is 0.229 e. The molecule has 3 fully saturated rings. The number of likely N-dealkylation sites (N-methyl/N-ethyl adjacent to an activating group) is 1. The lowest BCUT2D eigenvalue weighted by Gasteiger charge is -2.43. The second-order valence-electron chi connectivity index (χ2n) is 13.7. The van der Waals surface area contributed by atoms with Gasteiger partial charge in [0.15, 0.2) is 0 Å². The molecule has 4 aromatic rings. The Morgan fingerprint density at radius 3 is 2.38 bits per heavy atom. The van der Waals surface area contributed by atoms with Gasteiger partial charge in [-0.25, -0.2) is 4.98 Å². The van der Waals surface area contributed by atoms with Gasteiger partial charge < -0.3 is 25.2 Å². The van der Waals surface area contributed by atoms with Gasteiger partial charge in [-0.2, -0.15) is 4.98 Å². The summed E-state index contributed by atoms with van der Waals surface area (Å²) in [5.74, 6) is 2.65. The van der Waals surface area contributed by atoms with E-state index < -0.39 is 7.92 Å². The van der Waals surface area contributed by atoms with E-state index in [4.69, 9.17) is 14.7 Å². The summed E-state index contributed by atoms with van der Waals surface area (Å²) >= 11 is 3.70. The van der Waals surface area contributed by atoms with Gasteiger partial charge in [-0.15, -0.1) is 0 Å². The molecule has 254 valence electrons. The third kappa shape index (κ3) is 7.14. The lowest BCUT2D eigenvalue weighted by Crippen LogP contribution is -2.52. The van der Waals surface area contributed by atoms with Crippen LogP contribution < -0.4 is 25.6 Å². The number of hydrogen-bond acceptors (Lipinski definition) is 9. The highest BCUT2D eigenvalue weighted by Gasteiger charge is 2.28. The molecule has 4 heterocycles. The number of piperazine rings is 1. The predicted octanol–water partition coefficient (Wildman–Crippen LogP) is 7.31. The highest BCUT2D eigenvalue weighted by molar-refractivity contribution is 9.10. The zero-order valence-electron chi connectivity index (χ0n) is 28.9. The van der Waals surface area contributed by atoms with Crippen LogP contribution in [0, 0.1) is 0 Å². The van der Waals surface area contributed by atoms with E-state index in [1.807, 2.05) is 0 Å². The van der Waals surface area contributed by atoms with Crippen molar-refractivity contribution in [3.05, 3.63) is 58.3 Å². The van der Waals surface area contributed by atoms with Gasteiger partial charge in [0.25, 0.3) is 0 Å². The number of aromatic nitrogens is 3. The number of ether oxygens (including phenoxy) is 1. The number of methoxy groups -OCH3 is 1. The number of nitrogens with zero attached hydrogens (tertiary/aromatic N) is 6. The van der Waals surface area contributed by atoms with Crippen LogP contribution in [-0.2, 0) is 6.42 Å². The molecule has 1 saturated carbocycles. The molecule has 3 aliphatic rings. The van der Waals surface area contributed by atoms with Crippen LogP contribution in [0.15, 0.2) is 47.1 Å². The fraction of sp³-hybridized carbons (Fsp3) is 0.486. The van der Waals surface area contributed by atoms with E-state index in [9.17, 15) is 0 Å². The minimum absolute atomic E-state index is 0.409. The van der Waals surface area contributed by atoms with Gasteiger partial charge in [-0.05, 0) is 98.2 Å². The number of benzene rings is 2. The lowest BCUT2D eigenvalue weighted by atomic mass is 9.99. The topological polar surface area (TPSA) is 81.7 Å². The Bertz CT molecular complexity index is 1770. The number of hydrogen-bond donors (Lipinski definition) is 2. The third-order valence-electron chi connectivity index (χ3n) is 10.2. The first-order valence-corrected chi connectivity index (χ1v) is 20.4. The molecule has 1 aliphatic carbocycles. The maximum atomic E-state index is 5.95. The van der Waals surface area contributed by atoms with E-state index in [2.05, 4.69) is 110 Å². The van der Waals surface area contributed by atoms with Gasteiger partial charge in [0.1, 0.15) is 11.6 Å². The second-order valence-corrected chi connectivity index (χ2v) is 16.8. The molecule has 2 N–H and O–H groups in total. The van der Waals surface area contributed by atoms with Crippen LogP contribution >= 0.6 is 23.9 Å². The number of fused-ring (bicyclic) bond motifs is 1. The maximum Gasteiger partial charge on any atom is 0.229 e. The van der Waals surface area contributed by atoms with Crippen LogP contribution in [0.5, 0.6) is 5.75 Å². The van der Waals surface area contributed by atoms with Crippen molar-refractivity contribution in [3.63, 3.8) is 0 Å². The Kier molecular flexibility index (Phi) is 10.1. The minimum Gasteiger partial charge on any atom is -0.494 e. The van der Waals surface area contributed by atoms with Gasteiger partial charge in [0.05, 0.1) is 22.8 Å². The second kappa shape index (κ2) is 14.4. The van der Waals surface area contributed by atoms with Gasteiger partial charge in [0, 0.05) is 91.3 Å². The monoisotopic (exact) mass is 730 g/mol. The Labute approximate surface area is 294 Å². The minimum atomic E-state index is -0.409. The molecule has 48 heavy (non-hydrogen) atoms. The first-order valence-electron chi connectivity index (χ1n) is 17.4. The molecule has 0 radical (unpaired) electrons. The van der Waals surface area contributed by atoms with E-state index in [1.54, 1.807) is 13.3 Å². The zero-order valence-corrected chi connectivity index (χ0v) is 31.4. The van der Waals surface area contributed by atoms with Crippen LogP contribution in [0.25, 0.3) is 10.9 Å². The number of anilines is 5. The van der Waals surface area contributed by atoms with Crippen molar-refractivity contribution in [2.24, 2.45) is 0 Å². The highest BCUT2D eigenvalue weighted by Crippen LogP contribution is 2.41. The van der Waals surface area contributed by atoms with Gasteiger partial charge in [-0.1, -0.05) is 20.9 Å². The van der Waals surface area contributed by atoms with E-state index in [0.29, 0.717) is 23.7 Å². The molecule has 2 saturated heterocycles. The third-order valence-corrected chi connectivity index (χ3v) is 12.1. The van der Waals surface area contributed by atoms with Crippen molar-refractivity contribution in [1.29, 1.82) is 0 Å². The molecule has 2 aliphatic heterocycles. The fourth-order valence-corrected chi connectivity index (χ4v) is 8.85. The normalized spacial score (nSPS) is 18.1. The maximum absolute atomic E-state index is 5.95. The van der Waals surface area contributed by atoms with Crippen LogP contribution in [0.1, 0.15) is 49.8 Å². The number of halogens is 1.